The lowest BCUT2D eigenvalue weighted by Crippen LogP contribution is -2.33. The number of hydrogen-bond acceptors (Lipinski definition) is 0. The quantitative estimate of drug-likeness (QED) is 0.523. The second-order valence-corrected chi connectivity index (χ2v) is 7.02. The smallest absolute Gasteiger partial charge is 0.140 e. The third kappa shape index (κ3) is 1.97. The van der Waals surface area contributed by atoms with Crippen molar-refractivity contribution >= 4 is 8.24 Å². The van der Waals surface area contributed by atoms with Crippen molar-refractivity contribution in [3.05, 3.63) is 0 Å². The van der Waals surface area contributed by atoms with Gasteiger partial charge in [0, 0.05) is 0 Å². The average Bonchev–Trinajstić information content (AvgIpc) is 1.87. The Bertz CT molecular complexity index is 51.3. The molecule has 0 rings (SSSR count). The predicted molar refractivity (Wildman–Crippen MR) is 40.3 cm³/mol. The van der Waals surface area contributed by atoms with E-state index in [1.807, 2.05) is 0 Å². The molecule has 0 aliphatic rings. The molecular weight excluding hydrogens is 114 g/mol. The molecule has 0 saturated carbocycles. The van der Waals surface area contributed by atoms with Crippen LogP contribution in [0.1, 0.15) is 20.8 Å². The van der Waals surface area contributed by atoms with Crippen molar-refractivity contribution in [2.75, 3.05) is 0 Å². The van der Waals surface area contributed by atoms with Crippen LogP contribution in [0.2, 0.25) is 18.1 Å². The lowest BCUT2D eigenvalue weighted by molar-refractivity contribution is 1.13. The van der Waals surface area contributed by atoms with Crippen molar-refractivity contribution in [2.45, 2.75) is 38.9 Å². The van der Waals surface area contributed by atoms with Crippen LogP contribution in [0.15, 0.2) is 0 Å². The van der Waals surface area contributed by atoms with Gasteiger partial charge in [0.25, 0.3) is 0 Å². The standard InChI is InChI=1S/C6H16NSi/c1-4-8(7,5-2)6-3/h7H,4-6H2,1-3H3. The van der Waals surface area contributed by atoms with Crippen LogP contribution in [0.3, 0.4) is 0 Å². The highest BCUT2D eigenvalue weighted by Crippen LogP contribution is 2.13. The van der Waals surface area contributed by atoms with Crippen LogP contribution in [0, 0.1) is 0 Å². The van der Waals surface area contributed by atoms with E-state index < -0.39 is 8.24 Å². The summed E-state index contributed by atoms with van der Waals surface area (Å²) in [5.74, 6) is 0. The van der Waals surface area contributed by atoms with Gasteiger partial charge in [0.05, 0.1) is 0 Å². The second kappa shape index (κ2) is 3.25. The topological polar surface area (TPSA) is 23.8 Å². The Morgan fingerprint density at radius 2 is 1.25 bits per heavy atom. The van der Waals surface area contributed by atoms with E-state index in [1.54, 1.807) is 0 Å². The Morgan fingerprint density at radius 3 is 1.25 bits per heavy atom. The fourth-order valence-electron chi connectivity index (χ4n) is 0.750. The Kier molecular flexibility index (Phi) is 3.32. The van der Waals surface area contributed by atoms with Gasteiger partial charge in [-0.15, -0.1) is 0 Å². The molecule has 1 N–H and O–H groups in total. The van der Waals surface area contributed by atoms with Crippen LogP contribution >= 0.6 is 0 Å². The number of rotatable bonds is 3. The van der Waals surface area contributed by atoms with Crippen molar-refractivity contribution in [1.29, 1.82) is 0 Å². The highest BCUT2D eigenvalue weighted by atomic mass is 28.3. The van der Waals surface area contributed by atoms with E-state index in [1.165, 1.54) is 0 Å². The van der Waals surface area contributed by atoms with Crippen LogP contribution in [-0.4, -0.2) is 8.24 Å². The molecule has 0 unspecified atom stereocenters. The normalized spacial score (nSPS) is 12.0. The zero-order valence-electron chi connectivity index (χ0n) is 6.12. The first-order valence-electron chi connectivity index (χ1n) is 3.43. The van der Waals surface area contributed by atoms with Gasteiger partial charge in [-0.05, 0) is 18.1 Å². The summed E-state index contributed by atoms with van der Waals surface area (Å²) >= 11 is 0. The molecule has 0 aromatic carbocycles. The van der Waals surface area contributed by atoms with Gasteiger partial charge >= 0.3 is 0 Å². The van der Waals surface area contributed by atoms with Crippen molar-refractivity contribution < 1.29 is 0 Å². The Hall–Kier alpha value is 0.177. The van der Waals surface area contributed by atoms with Gasteiger partial charge in [-0.3, -0.25) is 5.40 Å². The molecule has 0 aromatic rings. The first-order chi connectivity index (χ1) is 3.68. The monoisotopic (exact) mass is 130 g/mol. The summed E-state index contributed by atoms with van der Waals surface area (Å²) in [4.78, 5) is 0. The van der Waals surface area contributed by atoms with Gasteiger partial charge < -0.3 is 0 Å². The molecule has 1 nitrogen and oxygen atoms in total. The van der Waals surface area contributed by atoms with Gasteiger partial charge in [0.1, 0.15) is 8.24 Å². The molecule has 0 aliphatic heterocycles. The largest absolute Gasteiger partial charge is 0.285 e. The van der Waals surface area contributed by atoms with E-state index >= 15 is 0 Å². The SMILES string of the molecule is CC[Si]([NH])(CC)CC. The Labute approximate surface area is 53.4 Å². The Balaban J connectivity index is 3.58. The van der Waals surface area contributed by atoms with Gasteiger partial charge in [-0.2, -0.15) is 0 Å². The van der Waals surface area contributed by atoms with Gasteiger partial charge in [0.15, 0.2) is 0 Å². The maximum atomic E-state index is 7.81. The van der Waals surface area contributed by atoms with Crippen LogP contribution < -0.4 is 5.40 Å². The first-order valence-corrected chi connectivity index (χ1v) is 6.05. The fourth-order valence-corrected chi connectivity index (χ4v) is 2.25. The molecule has 49 valence electrons. The van der Waals surface area contributed by atoms with Crippen LogP contribution in [0.4, 0.5) is 0 Å². The minimum atomic E-state index is -1.42. The summed E-state index contributed by atoms with van der Waals surface area (Å²) in [6.45, 7) is 6.44. The van der Waals surface area contributed by atoms with Crippen molar-refractivity contribution in [2.24, 2.45) is 0 Å². The third-order valence-corrected chi connectivity index (χ3v) is 6.09. The first kappa shape index (κ1) is 8.18. The summed E-state index contributed by atoms with van der Waals surface area (Å²) in [6, 6.07) is 3.38. The average molecular weight is 130 g/mol. The van der Waals surface area contributed by atoms with E-state index in [9.17, 15) is 0 Å². The fraction of sp³-hybridized carbons (Fsp3) is 1.00. The summed E-state index contributed by atoms with van der Waals surface area (Å²) < 4.78 is 0. The molecule has 0 atom stereocenters. The van der Waals surface area contributed by atoms with E-state index in [4.69, 9.17) is 5.40 Å². The zero-order chi connectivity index (χ0) is 6.62. The molecule has 2 heteroatoms. The van der Waals surface area contributed by atoms with Gasteiger partial charge in [-0.1, -0.05) is 20.8 Å². The van der Waals surface area contributed by atoms with E-state index in [-0.39, 0.29) is 0 Å². The molecule has 0 saturated heterocycles. The zero-order valence-corrected chi connectivity index (χ0v) is 7.12. The molecular formula is C6H16NSi. The van der Waals surface area contributed by atoms with E-state index in [0.717, 1.165) is 18.1 Å². The molecule has 0 bridgehead atoms. The maximum Gasteiger partial charge on any atom is 0.140 e. The highest BCUT2D eigenvalue weighted by Gasteiger charge is 2.20. The summed E-state index contributed by atoms with van der Waals surface area (Å²) in [7, 11) is -1.42. The highest BCUT2D eigenvalue weighted by molar-refractivity contribution is 6.76. The molecule has 0 fully saturated rings. The molecule has 0 spiro atoms. The third-order valence-electron chi connectivity index (χ3n) is 2.03. The van der Waals surface area contributed by atoms with Crippen molar-refractivity contribution in [3.8, 4) is 0 Å². The molecule has 8 heavy (non-hydrogen) atoms. The van der Waals surface area contributed by atoms with Crippen LogP contribution in [0.25, 0.3) is 0 Å². The predicted octanol–water partition coefficient (Wildman–Crippen LogP) is 2.27. The minimum absolute atomic E-state index is 1.12. The van der Waals surface area contributed by atoms with Crippen molar-refractivity contribution in [3.63, 3.8) is 0 Å². The van der Waals surface area contributed by atoms with Crippen LogP contribution in [-0.2, 0) is 0 Å². The minimum Gasteiger partial charge on any atom is -0.285 e. The molecule has 0 amide bonds. The van der Waals surface area contributed by atoms with Crippen LogP contribution in [0.5, 0.6) is 0 Å². The molecule has 0 aromatic heterocycles. The Morgan fingerprint density at radius 1 is 1.00 bits per heavy atom. The van der Waals surface area contributed by atoms with E-state index in [2.05, 4.69) is 20.8 Å². The molecule has 0 heterocycles. The maximum absolute atomic E-state index is 7.81. The molecule has 0 aliphatic carbocycles. The van der Waals surface area contributed by atoms with E-state index in [0.29, 0.717) is 0 Å². The number of hydrogen-bond donors (Lipinski definition) is 0. The van der Waals surface area contributed by atoms with Gasteiger partial charge in [0.2, 0.25) is 0 Å². The number of nitrogens with one attached hydrogen (secondary N) is 1. The summed E-state index contributed by atoms with van der Waals surface area (Å²) in [5, 5.41) is 7.81. The summed E-state index contributed by atoms with van der Waals surface area (Å²) in [5.41, 5.74) is 0. The summed E-state index contributed by atoms with van der Waals surface area (Å²) in [6.07, 6.45) is 0. The lowest BCUT2D eigenvalue weighted by Gasteiger charge is -2.18. The molecule has 1 radical (unpaired) electrons. The lowest BCUT2D eigenvalue weighted by atomic mass is 10.9. The van der Waals surface area contributed by atoms with Gasteiger partial charge in [-0.25, -0.2) is 0 Å². The second-order valence-electron chi connectivity index (χ2n) is 2.34. The van der Waals surface area contributed by atoms with Crippen molar-refractivity contribution in [1.82, 2.24) is 5.40 Å².